The molecule has 1 rings (SSSR count). The van der Waals surface area contributed by atoms with E-state index < -0.39 is 11.4 Å². The third-order valence-corrected chi connectivity index (χ3v) is 2.13. The van der Waals surface area contributed by atoms with Crippen molar-refractivity contribution in [1.29, 1.82) is 0 Å². The van der Waals surface area contributed by atoms with Gasteiger partial charge >= 0.3 is 0 Å². The number of aliphatic hydroxyl groups excluding tert-OH is 1. The molecule has 12 heavy (non-hydrogen) atoms. The van der Waals surface area contributed by atoms with E-state index >= 15 is 0 Å². The van der Waals surface area contributed by atoms with E-state index in [0.717, 1.165) is 5.57 Å². The Kier molecular flexibility index (Phi) is 2.29. The molecule has 0 aliphatic carbocycles. The Morgan fingerprint density at radius 2 is 2.17 bits per heavy atom. The highest BCUT2D eigenvalue weighted by atomic mass is 16.8. The maximum absolute atomic E-state index is 9.15. The maximum atomic E-state index is 9.15. The second-order valence-electron chi connectivity index (χ2n) is 3.72. The van der Waals surface area contributed by atoms with Crippen molar-refractivity contribution in [3.8, 4) is 0 Å². The highest BCUT2D eigenvalue weighted by Crippen LogP contribution is 2.34. The predicted molar refractivity (Wildman–Crippen MR) is 45.7 cm³/mol. The molecule has 1 saturated heterocycles. The third-order valence-electron chi connectivity index (χ3n) is 2.13. The van der Waals surface area contributed by atoms with Crippen molar-refractivity contribution in [1.82, 2.24) is 0 Å². The average molecular weight is 172 g/mol. The molecule has 1 N–H and O–H groups in total. The minimum atomic E-state index is -0.691. The van der Waals surface area contributed by atoms with Crippen LogP contribution in [0.2, 0.25) is 0 Å². The van der Waals surface area contributed by atoms with Crippen LogP contribution >= 0.6 is 0 Å². The van der Waals surface area contributed by atoms with Gasteiger partial charge < -0.3 is 14.6 Å². The summed E-state index contributed by atoms with van der Waals surface area (Å²) in [5.41, 5.74) is 0.110. The maximum Gasteiger partial charge on any atom is 0.164 e. The predicted octanol–water partition coefficient (Wildman–Crippen LogP) is 1.08. The lowest BCUT2D eigenvalue weighted by Gasteiger charge is -2.27. The van der Waals surface area contributed by atoms with Crippen LogP contribution in [0.4, 0.5) is 0 Å². The number of ether oxygens (including phenoxy) is 2. The van der Waals surface area contributed by atoms with Gasteiger partial charge in [0.1, 0.15) is 5.60 Å². The van der Waals surface area contributed by atoms with E-state index in [4.69, 9.17) is 14.6 Å². The lowest BCUT2D eigenvalue weighted by Crippen LogP contribution is -2.39. The topological polar surface area (TPSA) is 38.7 Å². The molecular formula is C9H16O3. The molecular weight excluding hydrogens is 156 g/mol. The minimum absolute atomic E-state index is 0.0776. The van der Waals surface area contributed by atoms with Gasteiger partial charge in [-0.2, -0.15) is 0 Å². The Morgan fingerprint density at radius 1 is 1.58 bits per heavy atom. The van der Waals surface area contributed by atoms with Crippen molar-refractivity contribution in [3.63, 3.8) is 0 Å². The lowest BCUT2D eigenvalue weighted by molar-refractivity contribution is -0.160. The van der Waals surface area contributed by atoms with Crippen LogP contribution in [0.5, 0.6) is 0 Å². The fourth-order valence-electron chi connectivity index (χ4n) is 1.24. The standard InChI is InChI=1S/C9H16O3/c1-7(2)9(5-10)6-11-8(3,4)12-9/h10H,1,5-6H2,2-4H3/t9-/m0/s1. The Bertz CT molecular complexity index is 198. The minimum Gasteiger partial charge on any atom is -0.393 e. The van der Waals surface area contributed by atoms with Crippen molar-refractivity contribution in [3.05, 3.63) is 12.2 Å². The first-order valence-corrected chi connectivity index (χ1v) is 4.03. The summed E-state index contributed by atoms with van der Waals surface area (Å²) in [7, 11) is 0. The number of aliphatic hydroxyl groups is 1. The largest absolute Gasteiger partial charge is 0.393 e. The van der Waals surface area contributed by atoms with Gasteiger partial charge in [0.15, 0.2) is 5.79 Å². The SMILES string of the molecule is C=C(C)[C@]1(CO)COC(C)(C)O1. The van der Waals surface area contributed by atoms with Crippen LogP contribution < -0.4 is 0 Å². The van der Waals surface area contributed by atoms with Crippen LogP contribution in [0.1, 0.15) is 20.8 Å². The monoisotopic (exact) mass is 172 g/mol. The molecule has 1 aliphatic heterocycles. The molecule has 1 heterocycles. The van der Waals surface area contributed by atoms with Crippen molar-refractivity contribution in [2.75, 3.05) is 13.2 Å². The first kappa shape index (κ1) is 9.71. The van der Waals surface area contributed by atoms with Crippen LogP contribution in [0, 0.1) is 0 Å². The van der Waals surface area contributed by atoms with Gasteiger partial charge in [-0.3, -0.25) is 0 Å². The van der Waals surface area contributed by atoms with Gasteiger partial charge in [-0.05, 0) is 26.3 Å². The molecule has 1 fully saturated rings. The molecule has 0 saturated carbocycles. The fraction of sp³-hybridized carbons (Fsp3) is 0.778. The van der Waals surface area contributed by atoms with E-state index in [1.807, 2.05) is 20.8 Å². The van der Waals surface area contributed by atoms with Crippen molar-refractivity contribution >= 4 is 0 Å². The summed E-state index contributed by atoms with van der Waals surface area (Å²) in [5, 5.41) is 9.15. The molecule has 1 aliphatic rings. The van der Waals surface area contributed by atoms with Gasteiger partial charge in [0.2, 0.25) is 0 Å². The first-order valence-electron chi connectivity index (χ1n) is 4.03. The summed E-state index contributed by atoms with van der Waals surface area (Å²) in [4.78, 5) is 0. The summed E-state index contributed by atoms with van der Waals surface area (Å²) in [6.07, 6.45) is 0. The van der Waals surface area contributed by atoms with Crippen LogP contribution in [-0.2, 0) is 9.47 Å². The van der Waals surface area contributed by atoms with Gasteiger partial charge in [0, 0.05) is 0 Å². The van der Waals surface area contributed by atoms with E-state index in [0.29, 0.717) is 6.61 Å². The van der Waals surface area contributed by atoms with Gasteiger partial charge in [0.25, 0.3) is 0 Å². The van der Waals surface area contributed by atoms with E-state index in [-0.39, 0.29) is 6.61 Å². The number of hydrogen-bond donors (Lipinski definition) is 1. The molecule has 0 aromatic heterocycles. The summed E-state index contributed by atoms with van der Waals surface area (Å²) in [5.74, 6) is -0.609. The molecule has 0 aromatic carbocycles. The first-order chi connectivity index (χ1) is 5.42. The zero-order valence-electron chi connectivity index (χ0n) is 7.89. The van der Waals surface area contributed by atoms with Crippen molar-refractivity contribution in [2.45, 2.75) is 32.2 Å². The average Bonchev–Trinajstić information content (AvgIpc) is 2.27. The summed E-state index contributed by atoms with van der Waals surface area (Å²) in [6.45, 7) is 9.57. The highest BCUT2D eigenvalue weighted by molar-refractivity contribution is 5.13. The summed E-state index contributed by atoms with van der Waals surface area (Å²) < 4.78 is 10.9. The van der Waals surface area contributed by atoms with E-state index in [2.05, 4.69) is 6.58 Å². The molecule has 3 heteroatoms. The molecule has 3 nitrogen and oxygen atoms in total. The van der Waals surface area contributed by atoms with Gasteiger partial charge in [-0.15, -0.1) is 0 Å². The summed E-state index contributed by atoms with van der Waals surface area (Å²) >= 11 is 0. The Hall–Kier alpha value is -0.380. The molecule has 0 bridgehead atoms. The Balaban J connectivity index is 2.80. The van der Waals surface area contributed by atoms with E-state index in [1.165, 1.54) is 0 Å². The van der Waals surface area contributed by atoms with E-state index in [9.17, 15) is 0 Å². The van der Waals surface area contributed by atoms with Crippen LogP contribution in [-0.4, -0.2) is 29.7 Å². The Labute approximate surface area is 73.0 Å². The molecule has 0 amide bonds. The second kappa shape index (κ2) is 2.83. The molecule has 0 spiro atoms. The molecule has 70 valence electrons. The number of hydrogen-bond acceptors (Lipinski definition) is 3. The van der Waals surface area contributed by atoms with Crippen LogP contribution in [0.3, 0.4) is 0 Å². The van der Waals surface area contributed by atoms with Crippen LogP contribution in [0.15, 0.2) is 12.2 Å². The van der Waals surface area contributed by atoms with Crippen molar-refractivity contribution in [2.24, 2.45) is 0 Å². The quantitative estimate of drug-likeness (QED) is 0.633. The zero-order chi connectivity index (χ0) is 9.41. The molecule has 1 atom stereocenters. The van der Waals surface area contributed by atoms with Gasteiger partial charge in [-0.25, -0.2) is 0 Å². The highest BCUT2D eigenvalue weighted by Gasteiger charge is 2.45. The lowest BCUT2D eigenvalue weighted by atomic mass is 9.99. The fourth-order valence-corrected chi connectivity index (χ4v) is 1.24. The zero-order valence-corrected chi connectivity index (χ0v) is 7.89. The molecule has 0 aromatic rings. The van der Waals surface area contributed by atoms with Gasteiger partial charge in [-0.1, -0.05) is 6.58 Å². The summed E-state index contributed by atoms with van der Waals surface area (Å²) in [6, 6.07) is 0. The van der Waals surface area contributed by atoms with Gasteiger partial charge in [0.05, 0.1) is 13.2 Å². The normalized spacial score (nSPS) is 33.7. The second-order valence-corrected chi connectivity index (χ2v) is 3.72. The number of rotatable bonds is 2. The Morgan fingerprint density at radius 3 is 2.33 bits per heavy atom. The molecule has 0 unspecified atom stereocenters. The molecule has 0 radical (unpaired) electrons. The van der Waals surface area contributed by atoms with E-state index in [1.54, 1.807) is 0 Å². The smallest absolute Gasteiger partial charge is 0.164 e. The third kappa shape index (κ3) is 1.53. The van der Waals surface area contributed by atoms with Crippen LogP contribution in [0.25, 0.3) is 0 Å². The van der Waals surface area contributed by atoms with Crippen molar-refractivity contribution < 1.29 is 14.6 Å².